The number of benzene rings is 3. The normalized spacial score (nSPS) is 13.0. The van der Waals surface area contributed by atoms with Crippen molar-refractivity contribution in [2.24, 2.45) is 0 Å². The molecule has 0 fully saturated rings. The highest BCUT2D eigenvalue weighted by atomic mass is 32.2. The van der Waals surface area contributed by atoms with Crippen molar-refractivity contribution in [3.05, 3.63) is 101 Å². The van der Waals surface area contributed by atoms with E-state index in [1.807, 2.05) is 100 Å². The first-order valence-electron chi connectivity index (χ1n) is 13.9. The number of nitrogens with zero attached hydrogens (tertiary/aromatic N) is 3. The van der Waals surface area contributed by atoms with Crippen LogP contribution in [-0.2, 0) is 32.8 Å². The molecule has 2 amide bonds. The van der Waals surface area contributed by atoms with Gasteiger partial charge in [0.1, 0.15) is 12.6 Å². The summed E-state index contributed by atoms with van der Waals surface area (Å²) in [5, 5.41) is 3.05. The zero-order valence-corrected chi connectivity index (χ0v) is 25.7. The molecule has 0 aliphatic rings. The summed E-state index contributed by atoms with van der Waals surface area (Å²) in [6.07, 6.45) is 1.02. The van der Waals surface area contributed by atoms with Gasteiger partial charge >= 0.3 is 10.2 Å². The lowest BCUT2D eigenvalue weighted by Gasteiger charge is -2.35. The first kappa shape index (κ1) is 31.8. The van der Waals surface area contributed by atoms with Crippen molar-refractivity contribution in [3.63, 3.8) is 0 Å². The smallest absolute Gasteiger partial charge is 0.304 e. The number of hydrogen-bond donors (Lipinski definition) is 1. The molecule has 0 radical (unpaired) electrons. The number of carbonyl (C=O) groups excluding carboxylic acids is 2. The van der Waals surface area contributed by atoms with Crippen LogP contribution in [0.15, 0.2) is 78.9 Å². The summed E-state index contributed by atoms with van der Waals surface area (Å²) in [5.74, 6) is -0.748. The number of amides is 2. The van der Waals surface area contributed by atoms with Gasteiger partial charge in [0.25, 0.3) is 0 Å². The molecular formula is C32H42N4O4S. The zero-order chi connectivity index (χ0) is 30.2. The lowest BCUT2D eigenvalue weighted by atomic mass is 10.0. The van der Waals surface area contributed by atoms with Crippen molar-refractivity contribution in [2.45, 2.75) is 59.2 Å². The van der Waals surface area contributed by atoms with Crippen molar-refractivity contribution >= 4 is 27.7 Å². The lowest BCUT2D eigenvalue weighted by molar-refractivity contribution is -0.140. The summed E-state index contributed by atoms with van der Waals surface area (Å²) >= 11 is 0. The van der Waals surface area contributed by atoms with Gasteiger partial charge in [-0.2, -0.15) is 12.7 Å². The number of nitrogens with one attached hydrogen (secondary N) is 1. The Morgan fingerprint density at radius 3 is 2.02 bits per heavy atom. The van der Waals surface area contributed by atoms with Crippen molar-refractivity contribution in [1.29, 1.82) is 0 Å². The van der Waals surface area contributed by atoms with Crippen molar-refractivity contribution < 1.29 is 18.0 Å². The Labute approximate surface area is 245 Å². The fourth-order valence-electron chi connectivity index (χ4n) is 4.47. The van der Waals surface area contributed by atoms with E-state index in [-0.39, 0.29) is 24.9 Å². The molecule has 3 aromatic rings. The van der Waals surface area contributed by atoms with Gasteiger partial charge in [-0.25, -0.2) is 4.31 Å². The van der Waals surface area contributed by atoms with Gasteiger partial charge in [0, 0.05) is 33.1 Å². The molecule has 9 heteroatoms. The van der Waals surface area contributed by atoms with E-state index in [0.717, 1.165) is 37.3 Å². The van der Waals surface area contributed by atoms with Gasteiger partial charge in [-0.05, 0) is 55.5 Å². The Balaban J connectivity index is 2.11. The lowest BCUT2D eigenvalue weighted by Crippen LogP contribution is -2.55. The molecule has 0 spiro atoms. The Morgan fingerprint density at radius 2 is 1.46 bits per heavy atom. The Kier molecular flexibility index (Phi) is 11.1. The highest BCUT2D eigenvalue weighted by molar-refractivity contribution is 7.90. The van der Waals surface area contributed by atoms with E-state index in [2.05, 4.69) is 5.32 Å². The van der Waals surface area contributed by atoms with Gasteiger partial charge in [-0.3, -0.25) is 9.59 Å². The van der Waals surface area contributed by atoms with Crippen LogP contribution in [0.25, 0.3) is 0 Å². The predicted molar refractivity (Wildman–Crippen MR) is 165 cm³/mol. The first-order valence-corrected chi connectivity index (χ1v) is 15.3. The molecule has 0 bridgehead atoms. The van der Waals surface area contributed by atoms with E-state index in [9.17, 15) is 18.0 Å². The molecule has 0 saturated heterocycles. The molecule has 41 heavy (non-hydrogen) atoms. The van der Waals surface area contributed by atoms with E-state index < -0.39 is 28.7 Å². The van der Waals surface area contributed by atoms with Crippen LogP contribution < -0.4 is 9.62 Å². The number of aryl methyl sites for hydroxylation is 2. The maximum atomic E-state index is 14.3. The average molecular weight is 579 g/mol. The minimum Gasteiger partial charge on any atom is -0.352 e. The molecule has 0 aromatic heterocycles. The predicted octanol–water partition coefficient (Wildman–Crippen LogP) is 4.47. The number of anilines is 1. The summed E-state index contributed by atoms with van der Waals surface area (Å²) in [4.78, 5) is 29.6. The summed E-state index contributed by atoms with van der Waals surface area (Å²) in [5.41, 5.74) is 3.75. The van der Waals surface area contributed by atoms with E-state index in [1.54, 1.807) is 6.07 Å². The molecule has 3 rings (SSSR count). The maximum Gasteiger partial charge on any atom is 0.304 e. The fourth-order valence-corrected chi connectivity index (χ4v) is 5.58. The van der Waals surface area contributed by atoms with Crippen molar-refractivity contribution in [3.8, 4) is 0 Å². The van der Waals surface area contributed by atoms with Crippen molar-refractivity contribution in [1.82, 2.24) is 14.5 Å². The molecule has 220 valence electrons. The topological polar surface area (TPSA) is 90.0 Å². The van der Waals surface area contributed by atoms with Gasteiger partial charge in [0.05, 0.1) is 5.69 Å². The van der Waals surface area contributed by atoms with Gasteiger partial charge in [-0.1, -0.05) is 79.7 Å². The third-order valence-electron chi connectivity index (χ3n) is 7.12. The molecular weight excluding hydrogens is 536 g/mol. The minimum atomic E-state index is -4.04. The average Bonchev–Trinajstić information content (AvgIpc) is 2.95. The minimum absolute atomic E-state index is 0.0880. The fraction of sp³-hybridized carbons (Fsp3) is 0.375. The van der Waals surface area contributed by atoms with Crippen LogP contribution >= 0.6 is 0 Å². The maximum absolute atomic E-state index is 14.3. The highest BCUT2D eigenvalue weighted by Crippen LogP contribution is 2.26. The quantitative estimate of drug-likeness (QED) is 0.324. The number of hydrogen-bond acceptors (Lipinski definition) is 4. The number of carbonyl (C=O) groups is 2. The van der Waals surface area contributed by atoms with Crippen LogP contribution in [-0.4, -0.2) is 62.2 Å². The molecule has 8 nitrogen and oxygen atoms in total. The van der Waals surface area contributed by atoms with E-state index >= 15 is 0 Å². The standard InChI is InChI=1S/C32H42N4O4S/c1-7-26(4)33-32(38)30(21-27-14-10-8-11-15-27)35(22-28-16-12-9-13-17-28)31(37)23-36(41(39,40)34(5)6)29-20-24(2)18-19-25(29)3/h8-20,26,30H,7,21-23H2,1-6H3,(H,33,38). The second-order valence-corrected chi connectivity index (χ2v) is 12.7. The van der Waals surface area contributed by atoms with Crippen LogP contribution in [0, 0.1) is 13.8 Å². The van der Waals surface area contributed by atoms with Crippen LogP contribution in [0.2, 0.25) is 0 Å². The van der Waals surface area contributed by atoms with E-state index in [0.29, 0.717) is 5.69 Å². The van der Waals surface area contributed by atoms with Gasteiger partial charge in [0.2, 0.25) is 11.8 Å². The van der Waals surface area contributed by atoms with E-state index in [1.165, 1.54) is 19.0 Å². The first-order chi connectivity index (χ1) is 19.4. The molecule has 2 unspecified atom stereocenters. The van der Waals surface area contributed by atoms with Gasteiger partial charge < -0.3 is 10.2 Å². The monoisotopic (exact) mass is 578 g/mol. The largest absolute Gasteiger partial charge is 0.352 e. The third-order valence-corrected chi connectivity index (χ3v) is 8.93. The summed E-state index contributed by atoms with van der Waals surface area (Å²) in [6.45, 7) is 7.29. The van der Waals surface area contributed by atoms with Crippen molar-refractivity contribution in [2.75, 3.05) is 24.9 Å². The second kappa shape index (κ2) is 14.3. The van der Waals surface area contributed by atoms with E-state index in [4.69, 9.17) is 0 Å². The van der Waals surface area contributed by atoms with Crippen LogP contribution in [0.5, 0.6) is 0 Å². The Hall–Kier alpha value is -3.69. The zero-order valence-electron chi connectivity index (χ0n) is 24.9. The molecule has 3 aromatic carbocycles. The second-order valence-electron chi connectivity index (χ2n) is 10.6. The third kappa shape index (κ3) is 8.41. The van der Waals surface area contributed by atoms with Gasteiger partial charge in [-0.15, -0.1) is 0 Å². The Bertz CT molecular complexity index is 1410. The Morgan fingerprint density at radius 1 is 0.878 bits per heavy atom. The molecule has 1 N–H and O–H groups in total. The summed E-state index contributed by atoms with van der Waals surface area (Å²) in [6, 6.07) is 23.5. The molecule has 0 aliphatic carbocycles. The summed E-state index contributed by atoms with van der Waals surface area (Å²) in [7, 11) is -1.16. The van der Waals surface area contributed by atoms with Crippen LogP contribution in [0.3, 0.4) is 0 Å². The van der Waals surface area contributed by atoms with Crippen LogP contribution in [0.1, 0.15) is 42.5 Å². The molecule has 0 heterocycles. The highest BCUT2D eigenvalue weighted by Gasteiger charge is 2.35. The van der Waals surface area contributed by atoms with Gasteiger partial charge in [0.15, 0.2) is 0 Å². The van der Waals surface area contributed by atoms with Crippen LogP contribution in [0.4, 0.5) is 5.69 Å². The molecule has 0 saturated carbocycles. The number of rotatable bonds is 13. The SMILES string of the molecule is CCC(C)NC(=O)C(Cc1ccccc1)N(Cc1ccccc1)C(=O)CN(c1cc(C)ccc1C)S(=O)(=O)N(C)C. The molecule has 0 aliphatic heterocycles. The molecule has 2 atom stereocenters. The summed E-state index contributed by atoms with van der Waals surface area (Å²) < 4.78 is 29.4.